The Morgan fingerprint density at radius 1 is 0.929 bits per heavy atom. The first-order valence-electron chi connectivity index (χ1n) is 12.9. The van der Waals surface area contributed by atoms with E-state index in [-0.39, 0.29) is 23.5 Å². The fraction of sp³-hybridized carbons (Fsp3) is 0.133. The summed E-state index contributed by atoms with van der Waals surface area (Å²) in [6.45, 7) is 5.44. The predicted molar refractivity (Wildman–Crippen MR) is 155 cm³/mol. The first kappa shape index (κ1) is 27.9. The molecule has 212 valence electrons. The van der Waals surface area contributed by atoms with Gasteiger partial charge < -0.3 is 20.5 Å². The number of carboxylic acids is 1. The molecular formula is C30H27N7O5. The van der Waals surface area contributed by atoms with Crippen molar-refractivity contribution < 1.29 is 19.8 Å². The molecule has 0 fully saturated rings. The summed E-state index contributed by atoms with van der Waals surface area (Å²) in [6, 6.07) is 13.9. The van der Waals surface area contributed by atoms with E-state index in [1.54, 1.807) is 54.2 Å². The van der Waals surface area contributed by atoms with Gasteiger partial charge >= 0.3 is 5.97 Å². The highest BCUT2D eigenvalue weighted by Crippen LogP contribution is 2.28. The van der Waals surface area contributed by atoms with Crippen molar-refractivity contribution in [3.05, 3.63) is 123 Å². The molecular weight excluding hydrogens is 538 g/mol. The minimum absolute atomic E-state index is 0.0748. The van der Waals surface area contributed by atoms with Gasteiger partial charge in [0.2, 0.25) is 0 Å². The van der Waals surface area contributed by atoms with Crippen LogP contribution in [0.2, 0.25) is 0 Å². The van der Waals surface area contributed by atoms with Gasteiger partial charge in [-0.15, -0.1) is 0 Å². The van der Waals surface area contributed by atoms with Crippen molar-refractivity contribution >= 4 is 34.3 Å². The summed E-state index contributed by atoms with van der Waals surface area (Å²) < 4.78 is 3.08. The molecule has 4 heterocycles. The van der Waals surface area contributed by atoms with Crippen molar-refractivity contribution in [3.8, 4) is 0 Å². The van der Waals surface area contributed by atoms with Gasteiger partial charge in [-0.3, -0.25) is 9.59 Å². The fourth-order valence-corrected chi connectivity index (χ4v) is 4.62. The Morgan fingerprint density at radius 2 is 1.67 bits per heavy atom. The molecule has 0 aliphatic carbocycles. The Morgan fingerprint density at radius 3 is 2.36 bits per heavy atom. The maximum Gasteiger partial charge on any atom is 0.335 e. The van der Waals surface area contributed by atoms with Crippen LogP contribution >= 0.6 is 0 Å². The van der Waals surface area contributed by atoms with E-state index in [0.717, 1.165) is 22.3 Å². The normalized spacial score (nSPS) is 10.9. The molecule has 2 aromatic carbocycles. The standard InChI is InChI=1S/C22H18N4O3.C8H9N3O2/c1-13-8-9-16(22(28)29)10-18(13)25-21-19-14(2)17(11-26(19)24-12-23-21)20(27)15-6-4-3-5-7-15;1-5-6(3-12)2-11-7(5)8(13)9-4-10-11/h3-12H,1-2H3,(H,28,29)(H,23,24,25);2,4,12H,3H2,1H3,(H,9,10,13). The molecule has 6 rings (SSSR count). The number of carbonyl (C=O) groups is 2. The number of carbonyl (C=O) groups excluding carboxylic acids is 1. The van der Waals surface area contributed by atoms with Crippen LogP contribution < -0.4 is 10.9 Å². The Bertz CT molecular complexity index is 2010. The Kier molecular flexibility index (Phi) is 7.63. The van der Waals surface area contributed by atoms with Gasteiger partial charge in [0.15, 0.2) is 11.6 Å². The summed E-state index contributed by atoms with van der Waals surface area (Å²) in [7, 11) is 0. The largest absolute Gasteiger partial charge is 0.478 e. The molecule has 0 atom stereocenters. The third-order valence-electron chi connectivity index (χ3n) is 6.95. The summed E-state index contributed by atoms with van der Waals surface area (Å²) in [5.74, 6) is -0.602. The topological polar surface area (TPSA) is 167 Å². The van der Waals surface area contributed by atoms with Gasteiger partial charge in [-0.1, -0.05) is 36.4 Å². The summed E-state index contributed by atoms with van der Waals surface area (Å²) in [6.07, 6.45) is 6.06. The summed E-state index contributed by atoms with van der Waals surface area (Å²) in [5, 5.41) is 29.6. The molecule has 0 saturated heterocycles. The number of benzene rings is 2. The first-order chi connectivity index (χ1) is 20.2. The molecule has 0 aliphatic rings. The molecule has 0 bridgehead atoms. The van der Waals surface area contributed by atoms with Crippen molar-refractivity contribution in [2.24, 2.45) is 0 Å². The number of aromatic carboxylic acids is 1. The third kappa shape index (κ3) is 5.25. The number of hydrogen-bond donors (Lipinski definition) is 4. The highest BCUT2D eigenvalue weighted by Gasteiger charge is 2.19. The predicted octanol–water partition coefficient (Wildman–Crippen LogP) is 3.84. The Hall–Kier alpha value is -5.62. The Labute approximate surface area is 238 Å². The molecule has 6 aromatic rings. The first-order valence-corrected chi connectivity index (χ1v) is 12.9. The molecule has 0 radical (unpaired) electrons. The summed E-state index contributed by atoms with van der Waals surface area (Å²) in [5.41, 5.74) is 6.02. The number of aliphatic hydroxyl groups is 1. The zero-order valence-corrected chi connectivity index (χ0v) is 23.0. The number of ketones is 1. The number of carboxylic acid groups (broad SMARTS) is 1. The van der Waals surface area contributed by atoms with E-state index in [4.69, 9.17) is 5.11 Å². The number of nitrogens with one attached hydrogen (secondary N) is 2. The van der Waals surface area contributed by atoms with Crippen molar-refractivity contribution in [1.29, 1.82) is 0 Å². The molecule has 0 amide bonds. The number of aromatic amines is 1. The number of hydrogen-bond acceptors (Lipinski definition) is 8. The zero-order valence-electron chi connectivity index (χ0n) is 23.0. The molecule has 12 heteroatoms. The zero-order chi connectivity index (χ0) is 30.0. The minimum atomic E-state index is -1.00. The number of nitrogens with zero attached hydrogens (tertiary/aromatic N) is 5. The lowest BCUT2D eigenvalue weighted by molar-refractivity contribution is 0.0696. The highest BCUT2D eigenvalue weighted by molar-refractivity contribution is 6.11. The van der Waals surface area contributed by atoms with E-state index in [0.29, 0.717) is 33.7 Å². The van der Waals surface area contributed by atoms with E-state index in [1.807, 2.05) is 32.0 Å². The highest BCUT2D eigenvalue weighted by atomic mass is 16.4. The van der Waals surface area contributed by atoms with Crippen LogP contribution in [0.15, 0.2) is 78.4 Å². The summed E-state index contributed by atoms with van der Waals surface area (Å²) >= 11 is 0. The molecule has 4 aromatic heterocycles. The smallest absolute Gasteiger partial charge is 0.335 e. The number of H-pyrrole nitrogens is 1. The van der Waals surface area contributed by atoms with Crippen molar-refractivity contribution in [2.45, 2.75) is 27.4 Å². The molecule has 0 aliphatic heterocycles. The van der Waals surface area contributed by atoms with E-state index < -0.39 is 5.97 Å². The number of aryl methyl sites for hydroxylation is 3. The van der Waals surface area contributed by atoms with Gasteiger partial charge in [-0.2, -0.15) is 10.2 Å². The van der Waals surface area contributed by atoms with Gasteiger partial charge in [0.1, 0.15) is 23.7 Å². The van der Waals surface area contributed by atoms with E-state index >= 15 is 0 Å². The van der Waals surface area contributed by atoms with Crippen LogP contribution in [-0.2, 0) is 6.61 Å². The van der Waals surface area contributed by atoms with Crippen LogP contribution in [0.25, 0.3) is 11.0 Å². The third-order valence-corrected chi connectivity index (χ3v) is 6.95. The second-order valence-electron chi connectivity index (χ2n) is 9.57. The molecule has 0 unspecified atom stereocenters. The van der Waals surface area contributed by atoms with Crippen LogP contribution in [0.3, 0.4) is 0 Å². The average Bonchev–Trinajstić information content (AvgIpc) is 3.51. The van der Waals surface area contributed by atoms with Gasteiger partial charge in [0.05, 0.1) is 12.2 Å². The van der Waals surface area contributed by atoms with E-state index in [1.165, 1.54) is 17.2 Å². The number of aromatic nitrogens is 6. The van der Waals surface area contributed by atoms with Crippen LogP contribution in [0.5, 0.6) is 0 Å². The SMILES string of the molecule is Cc1c(CO)cn2nc[nH]c(=O)c12.Cc1ccc(C(=O)O)cc1Nc1ncnn2cc(C(=O)c3ccccc3)c(C)c12. The molecule has 4 N–H and O–H groups in total. The van der Waals surface area contributed by atoms with Crippen LogP contribution in [0.1, 0.15) is 48.5 Å². The summed E-state index contributed by atoms with van der Waals surface area (Å²) in [4.78, 5) is 42.4. The lowest BCUT2D eigenvalue weighted by atomic mass is 10.0. The second-order valence-corrected chi connectivity index (χ2v) is 9.57. The van der Waals surface area contributed by atoms with E-state index in [9.17, 15) is 19.5 Å². The van der Waals surface area contributed by atoms with Crippen molar-refractivity contribution in [2.75, 3.05) is 5.32 Å². The maximum absolute atomic E-state index is 12.9. The number of fused-ring (bicyclic) bond motifs is 2. The van der Waals surface area contributed by atoms with Gasteiger partial charge in [-0.25, -0.2) is 18.8 Å². The van der Waals surface area contributed by atoms with Gasteiger partial charge in [0.25, 0.3) is 5.56 Å². The lowest BCUT2D eigenvalue weighted by Gasteiger charge is -2.11. The van der Waals surface area contributed by atoms with Gasteiger partial charge in [-0.05, 0) is 49.6 Å². The van der Waals surface area contributed by atoms with Crippen LogP contribution in [0, 0.1) is 20.8 Å². The second kappa shape index (κ2) is 11.5. The molecule has 12 nitrogen and oxygen atoms in total. The fourth-order valence-electron chi connectivity index (χ4n) is 4.62. The molecule has 42 heavy (non-hydrogen) atoms. The van der Waals surface area contributed by atoms with Crippen LogP contribution in [-0.4, -0.2) is 51.2 Å². The minimum Gasteiger partial charge on any atom is -0.478 e. The molecule has 0 saturated carbocycles. The number of rotatable bonds is 6. The number of anilines is 2. The number of aliphatic hydroxyl groups excluding tert-OH is 1. The van der Waals surface area contributed by atoms with Crippen molar-refractivity contribution in [3.63, 3.8) is 0 Å². The van der Waals surface area contributed by atoms with E-state index in [2.05, 4.69) is 25.5 Å². The molecule has 0 spiro atoms. The van der Waals surface area contributed by atoms with Crippen LogP contribution in [0.4, 0.5) is 11.5 Å². The lowest BCUT2D eigenvalue weighted by Crippen LogP contribution is -2.10. The average molecular weight is 566 g/mol. The maximum atomic E-state index is 12.9. The van der Waals surface area contributed by atoms with Gasteiger partial charge in [0, 0.05) is 34.8 Å². The monoisotopic (exact) mass is 565 g/mol. The quantitative estimate of drug-likeness (QED) is 0.219. The van der Waals surface area contributed by atoms with Crippen molar-refractivity contribution in [1.82, 2.24) is 29.2 Å². The Balaban J connectivity index is 0.000000226.